The maximum Gasteiger partial charge on any atom is 0.419 e. The molecule has 1 aliphatic heterocycles. The molecule has 8 heteroatoms. The standard InChI is InChI=1S/C20H17NO7/c22-15(13-5-6-17-18(11-13)26-10-9-25-17)12-27-19(23)7-8-21-14-3-1-2-4-16(14)28-20(21)24/h1-6,11H,7-10,12H2. The minimum Gasteiger partial charge on any atom is -0.486 e. The van der Waals surface area contributed by atoms with Crippen molar-refractivity contribution in [1.29, 1.82) is 0 Å². The van der Waals surface area contributed by atoms with E-state index in [9.17, 15) is 14.4 Å². The third-order valence-corrected chi connectivity index (χ3v) is 4.34. The van der Waals surface area contributed by atoms with Crippen molar-refractivity contribution in [3.05, 3.63) is 58.6 Å². The number of para-hydroxylation sites is 2. The summed E-state index contributed by atoms with van der Waals surface area (Å²) >= 11 is 0. The molecule has 2 heterocycles. The summed E-state index contributed by atoms with van der Waals surface area (Å²) in [4.78, 5) is 36.1. The average Bonchev–Trinajstić information content (AvgIpc) is 3.05. The Hall–Kier alpha value is -3.55. The molecule has 0 N–H and O–H groups in total. The van der Waals surface area contributed by atoms with Gasteiger partial charge < -0.3 is 18.6 Å². The molecule has 0 saturated heterocycles. The number of hydrogen-bond acceptors (Lipinski definition) is 7. The van der Waals surface area contributed by atoms with Gasteiger partial charge in [0.2, 0.25) is 0 Å². The highest BCUT2D eigenvalue weighted by Crippen LogP contribution is 2.30. The Labute approximate surface area is 159 Å². The van der Waals surface area contributed by atoms with Crippen LogP contribution in [0.4, 0.5) is 0 Å². The van der Waals surface area contributed by atoms with E-state index in [1.165, 1.54) is 4.57 Å². The highest BCUT2D eigenvalue weighted by atomic mass is 16.6. The monoisotopic (exact) mass is 383 g/mol. The fourth-order valence-corrected chi connectivity index (χ4v) is 2.95. The molecule has 0 amide bonds. The maximum atomic E-state index is 12.3. The number of oxazole rings is 1. The van der Waals surface area contributed by atoms with Gasteiger partial charge in [-0.2, -0.15) is 0 Å². The van der Waals surface area contributed by atoms with Crippen molar-refractivity contribution >= 4 is 22.9 Å². The van der Waals surface area contributed by atoms with Gasteiger partial charge in [-0.3, -0.25) is 14.2 Å². The number of esters is 1. The van der Waals surface area contributed by atoms with Crippen molar-refractivity contribution in [2.24, 2.45) is 0 Å². The zero-order chi connectivity index (χ0) is 19.5. The lowest BCUT2D eigenvalue weighted by Gasteiger charge is -2.18. The molecule has 0 unspecified atom stereocenters. The Bertz CT molecular complexity index is 1100. The maximum absolute atomic E-state index is 12.3. The molecule has 3 aromatic rings. The number of hydrogen-bond donors (Lipinski definition) is 0. The molecule has 0 saturated carbocycles. The number of ketones is 1. The molecular formula is C20H17NO7. The fraction of sp³-hybridized carbons (Fsp3) is 0.250. The Balaban J connectivity index is 1.33. The van der Waals surface area contributed by atoms with Gasteiger partial charge in [-0.1, -0.05) is 12.1 Å². The summed E-state index contributed by atoms with van der Waals surface area (Å²) in [6.45, 7) is 0.598. The summed E-state index contributed by atoms with van der Waals surface area (Å²) in [7, 11) is 0. The number of fused-ring (bicyclic) bond motifs is 2. The number of aromatic nitrogens is 1. The summed E-state index contributed by atoms with van der Waals surface area (Å²) in [5.74, 6) is -0.395. The van der Waals surface area contributed by atoms with Crippen molar-refractivity contribution < 1.29 is 28.2 Å². The van der Waals surface area contributed by atoms with E-state index in [2.05, 4.69) is 0 Å². The van der Waals surface area contributed by atoms with E-state index in [0.717, 1.165) is 0 Å². The Morgan fingerprint density at radius 1 is 1.04 bits per heavy atom. The average molecular weight is 383 g/mol. The lowest BCUT2D eigenvalue weighted by molar-refractivity contribution is -0.142. The van der Waals surface area contributed by atoms with Gasteiger partial charge in [0.1, 0.15) is 13.2 Å². The van der Waals surface area contributed by atoms with Gasteiger partial charge >= 0.3 is 11.7 Å². The molecule has 0 fully saturated rings. The number of benzene rings is 2. The van der Waals surface area contributed by atoms with Gasteiger partial charge in [-0.15, -0.1) is 0 Å². The predicted octanol–water partition coefficient (Wildman–Crippen LogP) is 2.18. The van der Waals surface area contributed by atoms with Gasteiger partial charge in [-0.05, 0) is 30.3 Å². The fourth-order valence-electron chi connectivity index (χ4n) is 2.95. The van der Waals surface area contributed by atoms with Crippen LogP contribution in [0.5, 0.6) is 11.5 Å². The van der Waals surface area contributed by atoms with Gasteiger partial charge in [0.05, 0.1) is 11.9 Å². The second-order valence-electron chi connectivity index (χ2n) is 6.18. The number of ether oxygens (including phenoxy) is 3. The van der Waals surface area contributed by atoms with E-state index in [4.69, 9.17) is 18.6 Å². The molecule has 1 aromatic heterocycles. The van der Waals surface area contributed by atoms with Crippen LogP contribution < -0.4 is 15.2 Å². The first-order valence-corrected chi connectivity index (χ1v) is 8.78. The minimum atomic E-state index is -0.580. The summed E-state index contributed by atoms with van der Waals surface area (Å²) in [5.41, 5.74) is 1.43. The first kappa shape index (κ1) is 17.8. The third kappa shape index (κ3) is 3.62. The SMILES string of the molecule is O=C(CCn1c(=O)oc2ccccc21)OCC(=O)c1ccc2c(c1)OCCO2. The zero-order valence-electron chi connectivity index (χ0n) is 14.9. The number of carbonyl (C=O) groups excluding carboxylic acids is 2. The van der Waals surface area contributed by atoms with Crippen molar-refractivity contribution in [2.45, 2.75) is 13.0 Å². The molecule has 144 valence electrons. The summed E-state index contributed by atoms with van der Waals surface area (Å²) in [6.07, 6.45) is -0.0577. The largest absolute Gasteiger partial charge is 0.486 e. The van der Waals surface area contributed by atoms with Crippen molar-refractivity contribution in [2.75, 3.05) is 19.8 Å². The minimum absolute atomic E-state index is 0.0577. The van der Waals surface area contributed by atoms with E-state index in [1.54, 1.807) is 42.5 Å². The summed E-state index contributed by atoms with van der Waals surface area (Å²) in [6, 6.07) is 11.8. The first-order chi connectivity index (χ1) is 13.6. The molecule has 28 heavy (non-hydrogen) atoms. The molecular weight excluding hydrogens is 366 g/mol. The highest BCUT2D eigenvalue weighted by Gasteiger charge is 2.17. The number of Topliss-reactive ketones (excluding diaryl/α,β-unsaturated/α-hetero) is 1. The number of aryl methyl sites for hydroxylation is 1. The van der Waals surface area contributed by atoms with Crippen LogP contribution in [0.2, 0.25) is 0 Å². The van der Waals surface area contributed by atoms with Gasteiger partial charge in [0.15, 0.2) is 29.5 Å². The van der Waals surface area contributed by atoms with Gasteiger partial charge in [0, 0.05) is 12.1 Å². The molecule has 1 aliphatic rings. The van der Waals surface area contributed by atoms with Crippen LogP contribution in [0, 0.1) is 0 Å². The molecule has 2 aromatic carbocycles. The molecule has 0 bridgehead atoms. The van der Waals surface area contributed by atoms with E-state index < -0.39 is 11.7 Å². The normalized spacial score (nSPS) is 12.7. The highest BCUT2D eigenvalue weighted by molar-refractivity contribution is 5.98. The van der Waals surface area contributed by atoms with Crippen LogP contribution >= 0.6 is 0 Å². The second kappa shape index (κ2) is 7.59. The Morgan fingerprint density at radius 2 is 1.82 bits per heavy atom. The summed E-state index contributed by atoms with van der Waals surface area (Å²) < 4.78 is 22.4. The van der Waals surface area contributed by atoms with E-state index in [1.807, 2.05) is 0 Å². The van der Waals surface area contributed by atoms with E-state index >= 15 is 0 Å². The lowest BCUT2D eigenvalue weighted by Crippen LogP contribution is -2.20. The number of carbonyl (C=O) groups is 2. The van der Waals surface area contributed by atoms with Crippen LogP contribution in [0.25, 0.3) is 11.1 Å². The lowest BCUT2D eigenvalue weighted by atomic mass is 10.1. The van der Waals surface area contributed by atoms with Crippen LogP contribution in [0.15, 0.2) is 51.7 Å². The van der Waals surface area contributed by atoms with Gasteiger partial charge in [0.25, 0.3) is 0 Å². The zero-order valence-corrected chi connectivity index (χ0v) is 14.9. The topological polar surface area (TPSA) is 97.0 Å². The smallest absolute Gasteiger partial charge is 0.419 e. The Morgan fingerprint density at radius 3 is 2.68 bits per heavy atom. The number of nitrogens with zero attached hydrogens (tertiary/aromatic N) is 1. The Kier molecular flexibility index (Phi) is 4.84. The molecule has 8 nitrogen and oxygen atoms in total. The second-order valence-corrected chi connectivity index (χ2v) is 6.18. The molecule has 0 atom stereocenters. The van der Waals surface area contributed by atoms with Crippen LogP contribution in [0.1, 0.15) is 16.8 Å². The van der Waals surface area contributed by atoms with Crippen molar-refractivity contribution in [1.82, 2.24) is 4.57 Å². The predicted molar refractivity (Wildman–Crippen MR) is 97.8 cm³/mol. The van der Waals surface area contributed by atoms with Crippen LogP contribution in [-0.2, 0) is 16.1 Å². The van der Waals surface area contributed by atoms with Gasteiger partial charge in [-0.25, -0.2) is 4.79 Å². The first-order valence-electron chi connectivity index (χ1n) is 8.78. The molecule has 0 spiro atoms. The molecule has 0 aliphatic carbocycles. The summed E-state index contributed by atoms with van der Waals surface area (Å²) in [5, 5.41) is 0. The van der Waals surface area contributed by atoms with Crippen molar-refractivity contribution in [3.63, 3.8) is 0 Å². The van der Waals surface area contributed by atoms with E-state index in [-0.39, 0.29) is 25.4 Å². The molecule has 0 radical (unpaired) electrons. The number of rotatable bonds is 6. The molecule has 4 rings (SSSR count). The third-order valence-electron chi connectivity index (χ3n) is 4.34. The van der Waals surface area contributed by atoms with E-state index in [0.29, 0.717) is 41.4 Å². The van der Waals surface area contributed by atoms with Crippen LogP contribution in [0.3, 0.4) is 0 Å². The van der Waals surface area contributed by atoms with Crippen molar-refractivity contribution in [3.8, 4) is 11.5 Å². The quantitative estimate of drug-likeness (QED) is 0.475. The van der Waals surface area contributed by atoms with Crippen LogP contribution in [-0.4, -0.2) is 36.1 Å².